The van der Waals surface area contributed by atoms with Gasteiger partial charge in [-0.05, 0) is 46.8 Å². The van der Waals surface area contributed by atoms with Crippen LogP contribution in [0.4, 0.5) is 0 Å². The Hall–Kier alpha value is -0.320. The SMILES string of the molecule is NNC(c1ccc(Br)o1)C1CCC1. The highest BCUT2D eigenvalue weighted by molar-refractivity contribution is 9.10. The predicted octanol–water partition coefficient (Wildman–Crippen LogP) is 2.35. The Balaban J connectivity index is 2.11. The summed E-state index contributed by atoms with van der Waals surface area (Å²) in [6, 6.07) is 4.05. The first-order valence-corrected chi connectivity index (χ1v) is 5.32. The highest BCUT2D eigenvalue weighted by Gasteiger charge is 2.29. The lowest BCUT2D eigenvalue weighted by Crippen LogP contribution is -2.36. The van der Waals surface area contributed by atoms with Crippen molar-refractivity contribution in [2.75, 3.05) is 0 Å². The number of hydrazine groups is 1. The van der Waals surface area contributed by atoms with E-state index >= 15 is 0 Å². The molecule has 1 aromatic rings. The topological polar surface area (TPSA) is 51.2 Å². The third-order valence-corrected chi connectivity index (χ3v) is 3.13. The number of rotatable bonds is 3. The minimum absolute atomic E-state index is 0.181. The minimum atomic E-state index is 0.181. The van der Waals surface area contributed by atoms with Gasteiger partial charge in [-0.25, -0.2) is 5.43 Å². The van der Waals surface area contributed by atoms with E-state index in [1.54, 1.807) is 0 Å². The van der Waals surface area contributed by atoms with Gasteiger partial charge in [0.1, 0.15) is 5.76 Å². The maximum Gasteiger partial charge on any atom is 0.169 e. The lowest BCUT2D eigenvalue weighted by molar-refractivity contribution is 0.207. The van der Waals surface area contributed by atoms with Gasteiger partial charge < -0.3 is 4.42 Å². The van der Waals surface area contributed by atoms with Gasteiger partial charge in [0.25, 0.3) is 0 Å². The van der Waals surface area contributed by atoms with Crippen LogP contribution < -0.4 is 11.3 Å². The number of halogens is 1. The fraction of sp³-hybridized carbons (Fsp3) is 0.556. The molecule has 3 nitrogen and oxygen atoms in total. The summed E-state index contributed by atoms with van der Waals surface area (Å²) in [6.45, 7) is 0. The summed E-state index contributed by atoms with van der Waals surface area (Å²) in [5.41, 5.74) is 2.82. The quantitative estimate of drug-likeness (QED) is 0.634. The maximum atomic E-state index is 5.50. The van der Waals surface area contributed by atoms with Gasteiger partial charge >= 0.3 is 0 Å². The summed E-state index contributed by atoms with van der Waals surface area (Å²) in [7, 11) is 0. The van der Waals surface area contributed by atoms with Crippen molar-refractivity contribution in [2.45, 2.75) is 25.3 Å². The first-order chi connectivity index (χ1) is 6.31. The van der Waals surface area contributed by atoms with Crippen LogP contribution in [0.5, 0.6) is 0 Å². The Morgan fingerprint density at radius 2 is 2.31 bits per heavy atom. The zero-order chi connectivity index (χ0) is 9.26. The van der Waals surface area contributed by atoms with Crippen molar-refractivity contribution in [3.63, 3.8) is 0 Å². The van der Waals surface area contributed by atoms with Crippen molar-refractivity contribution in [2.24, 2.45) is 11.8 Å². The first kappa shape index (κ1) is 9.24. The number of nitrogens with one attached hydrogen (secondary N) is 1. The van der Waals surface area contributed by atoms with Crippen LogP contribution in [0.1, 0.15) is 31.1 Å². The Morgan fingerprint density at radius 3 is 2.69 bits per heavy atom. The average molecular weight is 245 g/mol. The Morgan fingerprint density at radius 1 is 1.54 bits per heavy atom. The second-order valence-electron chi connectivity index (χ2n) is 3.48. The number of nitrogens with two attached hydrogens (primary N) is 1. The smallest absolute Gasteiger partial charge is 0.169 e. The second-order valence-corrected chi connectivity index (χ2v) is 4.26. The molecule has 1 aliphatic rings. The van der Waals surface area contributed by atoms with Gasteiger partial charge in [0.15, 0.2) is 4.67 Å². The number of hydrogen-bond donors (Lipinski definition) is 2. The van der Waals surface area contributed by atoms with E-state index in [0.717, 1.165) is 10.4 Å². The highest BCUT2D eigenvalue weighted by Crippen LogP contribution is 2.38. The van der Waals surface area contributed by atoms with E-state index in [0.29, 0.717) is 5.92 Å². The second kappa shape index (κ2) is 3.82. The largest absolute Gasteiger partial charge is 0.453 e. The molecule has 72 valence electrons. The Labute approximate surface area is 85.8 Å². The van der Waals surface area contributed by atoms with E-state index in [1.807, 2.05) is 12.1 Å². The van der Waals surface area contributed by atoms with Crippen LogP contribution in [-0.4, -0.2) is 0 Å². The third-order valence-electron chi connectivity index (χ3n) is 2.70. The molecule has 2 rings (SSSR count). The summed E-state index contributed by atoms with van der Waals surface area (Å²) in [5.74, 6) is 7.07. The monoisotopic (exact) mass is 244 g/mol. The molecule has 3 N–H and O–H groups in total. The third kappa shape index (κ3) is 1.80. The summed E-state index contributed by atoms with van der Waals surface area (Å²) in [6.07, 6.45) is 3.80. The van der Waals surface area contributed by atoms with Crippen LogP contribution in [0.15, 0.2) is 21.2 Å². The minimum Gasteiger partial charge on any atom is -0.453 e. The molecular formula is C9H13BrN2O. The lowest BCUT2D eigenvalue weighted by atomic mass is 9.79. The zero-order valence-electron chi connectivity index (χ0n) is 7.29. The molecule has 1 heterocycles. The molecule has 0 radical (unpaired) electrons. The molecule has 1 saturated carbocycles. The van der Waals surface area contributed by atoms with E-state index in [-0.39, 0.29) is 6.04 Å². The molecule has 1 aromatic heterocycles. The predicted molar refractivity (Wildman–Crippen MR) is 53.8 cm³/mol. The van der Waals surface area contributed by atoms with Crippen LogP contribution in [0, 0.1) is 5.92 Å². The first-order valence-electron chi connectivity index (χ1n) is 4.52. The molecule has 0 amide bonds. The van der Waals surface area contributed by atoms with E-state index in [4.69, 9.17) is 10.3 Å². The van der Waals surface area contributed by atoms with Gasteiger partial charge in [-0.2, -0.15) is 0 Å². The highest BCUT2D eigenvalue weighted by atomic mass is 79.9. The molecule has 1 atom stereocenters. The zero-order valence-corrected chi connectivity index (χ0v) is 8.88. The number of furan rings is 1. The Bertz CT molecular complexity index is 283. The van der Waals surface area contributed by atoms with Gasteiger partial charge in [0, 0.05) is 0 Å². The van der Waals surface area contributed by atoms with E-state index < -0.39 is 0 Å². The average Bonchev–Trinajstić information content (AvgIpc) is 2.43. The molecule has 0 saturated heterocycles. The molecule has 0 spiro atoms. The van der Waals surface area contributed by atoms with Crippen LogP contribution in [0.3, 0.4) is 0 Å². The van der Waals surface area contributed by atoms with Gasteiger partial charge in [0.2, 0.25) is 0 Å². The van der Waals surface area contributed by atoms with Crippen molar-refractivity contribution in [3.05, 3.63) is 22.6 Å². The molecule has 1 fully saturated rings. The summed E-state index contributed by atoms with van der Waals surface area (Å²) < 4.78 is 6.23. The van der Waals surface area contributed by atoms with Gasteiger partial charge in [-0.15, -0.1) is 0 Å². The van der Waals surface area contributed by atoms with Crippen molar-refractivity contribution < 1.29 is 4.42 Å². The number of hydrogen-bond acceptors (Lipinski definition) is 3. The summed E-state index contributed by atoms with van der Waals surface area (Å²) in [5, 5.41) is 0. The molecule has 1 unspecified atom stereocenters. The van der Waals surface area contributed by atoms with E-state index in [9.17, 15) is 0 Å². The lowest BCUT2D eigenvalue weighted by Gasteiger charge is -2.31. The fourth-order valence-electron chi connectivity index (χ4n) is 1.72. The van der Waals surface area contributed by atoms with Gasteiger partial charge in [-0.3, -0.25) is 5.84 Å². The Kier molecular flexibility index (Phi) is 2.71. The molecule has 4 heteroatoms. The van der Waals surface area contributed by atoms with Crippen molar-refractivity contribution in [3.8, 4) is 0 Å². The molecule has 1 aliphatic carbocycles. The standard InChI is InChI=1S/C9H13BrN2O/c10-8-5-4-7(13-8)9(12-11)6-2-1-3-6/h4-6,9,12H,1-3,11H2. The van der Waals surface area contributed by atoms with Crippen LogP contribution in [-0.2, 0) is 0 Å². The molecule has 0 aromatic carbocycles. The molecule has 0 bridgehead atoms. The summed E-state index contributed by atoms with van der Waals surface area (Å²) >= 11 is 3.28. The van der Waals surface area contributed by atoms with Crippen LogP contribution >= 0.6 is 15.9 Å². The van der Waals surface area contributed by atoms with E-state index in [2.05, 4.69) is 21.4 Å². The van der Waals surface area contributed by atoms with Crippen LogP contribution in [0.2, 0.25) is 0 Å². The van der Waals surface area contributed by atoms with Gasteiger partial charge in [0.05, 0.1) is 6.04 Å². The van der Waals surface area contributed by atoms with Crippen molar-refractivity contribution >= 4 is 15.9 Å². The fourth-order valence-corrected chi connectivity index (χ4v) is 2.04. The normalized spacial score (nSPS) is 19.8. The maximum absolute atomic E-state index is 5.50. The van der Waals surface area contributed by atoms with Crippen LogP contribution in [0.25, 0.3) is 0 Å². The molecule has 13 heavy (non-hydrogen) atoms. The summed E-state index contributed by atoms with van der Waals surface area (Å²) in [4.78, 5) is 0. The van der Waals surface area contributed by atoms with E-state index in [1.165, 1.54) is 19.3 Å². The molecule has 0 aliphatic heterocycles. The van der Waals surface area contributed by atoms with Crippen molar-refractivity contribution in [1.29, 1.82) is 0 Å². The van der Waals surface area contributed by atoms with Crippen molar-refractivity contribution in [1.82, 2.24) is 5.43 Å². The van der Waals surface area contributed by atoms with Gasteiger partial charge in [-0.1, -0.05) is 6.42 Å². The molecular weight excluding hydrogens is 232 g/mol.